The van der Waals surface area contributed by atoms with Crippen LogP contribution in [0.1, 0.15) is 5.56 Å². The standard InChI is InChI=1S/C15H9Cl3N2O3/c16-10-7-12(17)15(13(18)8-10)19-14(21)6-3-9-1-4-11(5-2-9)20(22)23/h1-8H,(H,19,21)/b6-3+. The molecule has 1 amide bonds. The van der Waals surface area contributed by atoms with Gasteiger partial charge in [0.1, 0.15) is 0 Å². The molecule has 2 aromatic carbocycles. The molecular weight excluding hydrogens is 363 g/mol. The summed E-state index contributed by atoms with van der Waals surface area (Å²) >= 11 is 17.7. The van der Waals surface area contributed by atoms with Gasteiger partial charge in [-0.15, -0.1) is 0 Å². The number of amides is 1. The molecule has 0 unspecified atom stereocenters. The lowest BCUT2D eigenvalue weighted by atomic mass is 10.2. The highest BCUT2D eigenvalue weighted by Crippen LogP contribution is 2.33. The van der Waals surface area contributed by atoms with Crippen LogP contribution in [0, 0.1) is 10.1 Å². The van der Waals surface area contributed by atoms with Gasteiger partial charge in [-0.25, -0.2) is 0 Å². The second-order valence-corrected chi connectivity index (χ2v) is 5.67. The largest absolute Gasteiger partial charge is 0.320 e. The van der Waals surface area contributed by atoms with Gasteiger partial charge in [0.2, 0.25) is 5.91 Å². The molecule has 0 spiro atoms. The van der Waals surface area contributed by atoms with E-state index in [9.17, 15) is 14.9 Å². The highest BCUT2D eigenvalue weighted by atomic mass is 35.5. The summed E-state index contributed by atoms with van der Waals surface area (Å²) < 4.78 is 0. The summed E-state index contributed by atoms with van der Waals surface area (Å²) in [7, 11) is 0. The lowest BCUT2D eigenvalue weighted by Gasteiger charge is -2.07. The summed E-state index contributed by atoms with van der Waals surface area (Å²) in [4.78, 5) is 22.0. The van der Waals surface area contributed by atoms with Crippen LogP contribution in [0.2, 0.25) is 15.1 Å². The van der Waals surface area contributed by atoms with E-state index >= 15 is 0 Å². The fraction of sp³-hybridized carbons (Fsp3) is 0. The van der Waals surface area contributed by atoms with Crippen molar-refractivity contribution in [1.29, 1.82) is 0 Å². The van der Waals surface area contributed by atoms with Gasteiger partial charge < -0.3 is 5.32 Å². The Morgan fingerprint density at radius 3 is 2.17 bits per heavy atom. The number of hydrogen-bond acceptors (Lipinski definition) is 3. The minimum absolute atomic E-state index is 0.0219. The van der Waals surface area contributed by atoms with Gasteiger partial charge in [0.05, 0.1) is 20.7 Å². The third kappa shape index (κ3) is 4.69. The summed E-state index contributed by atoms with van der Waals surface area (Å²) in [6.45, 7) is 0. The third-order valence-electron chi connectivity index (χ3n) is 2.79. The van der Waals surface area contributed by atoms with Gasteiger partial charge in [-0.05, 0) is 35.9 Å². The summed E-state index contributed by atoms with van der Waals surface area (Å²) in [6, 6.07) is 8.69. The van der Waals surface area contributed by atoms with Gasteiger partial charge in [0.15, 0.2) is 0 Å². The van der Waals surface area contributed by atoms with Crippen LogP contribution in [0.25, 0.3) is 6.08 Å². The molecule has 8 heteroatoms. The van der Waals surface area contributed by atoms with Crippen molar-refractivity contribution >= 4 is 58.2 Å². The van der Waals surface area contributed by atoms with E-state index in [1.54, 1.807) is 0 Å². The molecule has 0 bridgehead atoms. The molecule has 2 aromatic rings. The van der Waals surface area contributed by atoms with Crippen LogP contribution < -0.4 is 5.32 Å². The second kappa shape index (κ2) is 7.46. The van der Waals surface area contributed by atoms with Crippen molar-refractivity contribution in [2.45, 2.75) is 0 Å². The smallest absolute Gasteiger partial charge is 0.269 e. The van der Waals surface area contributed by atoms with E-state index in [1.807, 2.05) is 0 Å². The molecule has 0 saturated carbocycles. The minimum atomic E-state index is -0.495. The zero-order chi connectivity index (χ0) is 17.0. The van der Waals surface area contributed by atoms with Gasteiger partial charge in [-0.3, -0.25) is 14.9 Å². The number of non-ortho nitro benzene ring substituents is 1. The number of hydrogen-bond donors (Lipinski definition) is 1. The molecule has 0 aliphatic carbocycles. The van der Waals surface area contributed by atoms with Gasteiger partial charge in [0.25, 0.3) is 5.69 Å². The van der Waals surface area contributed by atoms with Crippen LogP contribution in [0.5, 0.6) is 0 Å². The summed E-state index contributed by atoms with van der Waals surface area (Å²) in [5, 5.41) is 13.9. The van der Waals surface area contributed by atoms with Crippen molar-refractivity contribution in [1.82, 2.24) is 0 Å². The quantitative estimate of drug-likeness (QED) is 0.456. The van der Waals surface area contributed by atoms with Crippen molar-refractivity contribution in [2.75, 3.05) is 5.32 Å². The fourth-order valence-corrected chi connectivity index (χ4v) is 2.62. The molecule has 1 N–H and O–H groups in total. The van der Waals surface area contributed by atoms with E-state index < -0.39 is 10.8 Å². The van der Waals surface area contributed by atoms with Crippen LogP contribution in [0.3, 0.4) is 0 Å². The molecule has 5 nitrogen and oxygen atoms in total. The first kappa shape index (κ1) is 17.3. The molecule has 2 rings (SSSR count). The van der Waals surface area contributed by atoms with E-state index in [0.717, 1.165) is 0 Å². The average Bonchev–Trinajstić information content (AvgIpc) is 2.49. The maximum atomic E-state index is 11.9. The van der Waals surface area contributed by atoms with E-state index in [4.69, 9.17) is 34.8 Å². The summed E-state index contributed by atoms with van der Waals surface area (Å²) in [6.07, 6.45) is 2.78. The van der Waals surface area contributed by atoms with E-state index in [0.29, 0.717) is 10.6 Å². The van der Waals surface area contributed by atoms with Crippen LogP contribution in [0.15, 0.2) is 42.5 Å². The molecule has 0 fully saturated rings. The molecule has 0 aromatic heterocycles. The van der Waals surface area contributed by atoms with Crippen LogP contribution in [0.4, 0.5) is 11.4 Å². The monoisotopic (exact) mass is 370 g/mol. The second-order valence-electron chi connectivity index (χ2n) is 4.42. The van der Waals surface area contributed by atoms with Crippen molar-refractivity contribution in [3.63, 3.8) is 0 Å². The minimum Gasteiger partial charge on any atom is -0.320 e. The maximum absolute atomic E-state index is 11.9. The first-order valence-electron chi connectivity index (χ1n) is 6.25. The molecule has 0 radical (unpaired) electrons. The number of carbonyl (C=O) groups is 1. The van der Waals surface area contributed by atoms with Crippen LogP contribution in [-0.2, 0) is 4.79 Å². The fourth-order valence-electron chi connectivity index (χ4n) is 1.71. The normalized spacial score (nSPS) is 10.7. The zero-order valence-electron chi connectivity index (χ0n) is 11.4. The number of rotatable bonds is 4. The zero-order valence-corrected chi connectivity index (χ0v) is 13.7. The van der Waals surface area contributed by atoms with Crippen molar-refractivity contribution < 1.29 is 9.72 Å². The third-order valence-corrected chi connectivity index (χ3v) is 3.60. The van der Waals surface area contributed by atoms with Gasteiger partial charge in [0, 0.05) is 23.2 Å². The Morgan fingerprint density at radius 1 is 1.09 bits per heavy atom. The Hall–Kier alpha value is -2.08. The number of carbonyl (C=O) groups excluding carboxylic acids is 1. The van der Waals surface area contributed by atoms with E-state index in [1.165, 1.54) is 48.6 Å². The molecule has 0 aliphatic rings. The molecule has 0 atom stereocenters. The number of nitrogens with zero attached hydrogens (tertiary/aromatic N) is 1. The number of halogens is 3. The number of benzene rings is 2. The molecular formula is C15H9Cl3N2O3. The highest BCUT2D eigenvalue weighted by Gasteiger charge is 2.10. The lowest BCUT2D eigenvalue weighted by Crippen LogP contribution is -2.08. The summed E-state index contributed by atoms with van der Waals surface area (Å²) in [5.41, 5.74) is 0.876. The first-order chi connectivity index (χ1) is 10.9. The number of anilines is 1. The van der Waals surface area contributed by atoms with Crippen LogP contribution in [-0.4, -0.2) is 10.8 Å². The molecule has 0 heterocycles. The highest BCUT2D eigenvalue weighted by molar-refractivity contribution is 6.42. The first-order valence-corrected chi connectivity index (χ1v) is 7.38. The summed E-state index contributed by atoms with van der Waals surface area (Å²) in [5.74, 6) is -0.450. The van der Waals surface area contributed by atoms with Crippen molar-refractivity contribution in [3.8, 4) is 0 Å². The average molecular weight is 372 g/mol. The van der Waals surface area contributed by atoms with Crippen LogP contribution >= 0.6 is 34.8 Å². The van der Waals surface area contributed by atoms with E-state index in [2.05, 4.69) is 5.32 Å². The number of nitro benzene ring substituents is 1. The maximum Gasteiger partial charge on any atom is 0.269 e. The van der Waals surface area contributed by atoms with Crippen molar-refractivity contribution in [2.24, 2.45) is 0 Å². The SMILES string of the molecule is O=C(/C=C/c1ccc([N+](=O)[O-])cc1)Nc1c(Cl)cc(Cl)cc1Cl. The Bertz CT molecular complexity index is 766. The van der Waals surface area contributed by atoms with Crippen molar-refractivity contribution in [3.05, 3.63) is 73.2 Å². The Labute approximate surface area is 146 Å². The Balaban J connectivity index is 2.09. The Morgan fingerprint density at radius 2 is 1.65 bits per heavy atom. The predicted octanol–water partition coefficient (Wildman–Crippen LogP) is 5.21. The topological polar surface area (TPSA) is 72.2 Å². The molecule has 118 valence electrons. The number of nitro groups is 1. The van der Waals surface area contributed by atoms with Gasteiger partial charge in [-0.1, -0.05) is 34.8 Å². The number of nitrogens with one attached hydrogen (secondary N) is 1. The van der Waals surface area contributed by atoms with Gasteiger partial charge >= 0.3 is 0 Å². The molecule has 0 saturated heterocycles. The van der Waals surface area contributed by atoms with E-state index in [-0.39, 0.29) is 21.4 Å². The predicted molar refractivity (Wildman–Crippen MR) is 92.2 cm³/mol. The molecule has 23 heavy (non-hydrogen) atoms. The van der Waals surface area contributed by atoms with Gasteiger partial charge in [-0.2, -0.15) is 0 Å². The molecule has 0 aliphatic heterocycles. The lowest BCUT2D eigenvalue weighted by molar-refractivity contribution is -0.384. The Kier molecular flexibility index (Phi) is 5.60.